The van der Waals surface area contributed by atoms with E-state index in [9.17, 15) is 9.59 Å². The van der Waals surface area contributed by atoms with Crippen molar-refractivity contribution in [3.05, 3.63) is 35.4 Å². The van der Waals surface area contributed by atoms with Crippen LogP contribution in [-0.4, -0.2) is 28.7 Å². The zero-order chi connectivity index (χ0) is 14.0. The van der Waals surface area contributed by atoms with Crippen molar-refractivity contribution in [3.63, 3.8) is 0 Å². The summed E-state index contributed by atoms with van der Waals surface area (Å²) in [6.07, 6.45) is 1.86. The van der Waals surface area contributed by atoms with Crippen LogP contribution in [0.4, 0.5) is 0 Å². The molecule has 0 saturated carbocycles. The number of aryl methyl sites for hydroxylation is 1. The summed E-state index contributed by atoms with van der Waals surface area (Å²) in [5.41, 5.74) is 1.64. The Morgan fingerprint density at radius 3 is 2.26 bits per heavy atom. The van der Waals surface area contributed by atoms with Gasteiger partial charge in [-0.3, -0.25) is 9.59 Å². The molecule has 1 fully saturated rings. The Hall–Kier alpha value is -1.64. The lowest BCUT2D eigenvalue weighted by Crippen LogP contribution is -2.46. The number of carbonyl (C=O) groups excluding carboxylic acids is 2. The predicted octanol–water partition coefficient (Wildman–Crippen LogP) is 2.37. The number of likely N-dealkylation sites (tertiary alicyclic amines) is 1. The van der Waals surface area contributed by atoms with E-state index in [1.165, 1.54) is 5.56 Å². The zero-order valence-electron chi connectivity index (χ0n) is 11.9. The summed E-state index contributed by atoms with van der Waals surface area (Å²) in [6, 6.07) is 8.12. The van der Waals surface area contributed by atoms with Gasteiger partial charge in [-0.1, -0.05) is 31.2 Å². The lowest BCUT2D eigenvalue weighted by atomic mass is 9.99. The molecule has 19 heavy (non-hydrogen) atoms. The Kier molecular flexibility index (Phi) is 3.74. The maximum absolute atomic E-state index is 12.3. The van der Waals surface area contributed by atoms with Gasteiger partial charge in [0.05, 0.1) is 12.0 Å². The molecule has 1 heterocycles. The predicted molar refractivity (Wildman–Crippen MR) is 74.9 cm³/mol. The average molecular weight is 259 g/mol. The molecule has 102 valence electrons. The van der Waals surface area contributed by atoms with Crippen molar-refractivity contribution in [2.45, 2.75) is 45.6 Å². The molecule has 1 saturated heterocycles. The summed E-state index contributed by atoms with van der Waals surface area (Å²) >= 11 is 0. The lowest BCUT2D eigenvalue weighted by Gasteiger charge is -2.30. The normalized spacial score (nSPS) is 17.8. The molecule has 1 amide bonds. The van der Waals surface area contributed by atoms with Crippen LogP contribution in [-0.2, 0) is 22.4 Å². The Labute approximate surface area is 114 Å². The summed E-state index contributed by atoms with van der Waals surface area (Å²) in [7, 11) is 0. The third-order valence-corrected chi connectivity index (χ3v) is 4.01. The molecule has 0 aliphatic carbocycles. The van der Waals surface area contributed by atoms with Crippen molar-refractivity contribution in [1.82, 2.24) is 4.90 Å². The van der Waals surface area contributed by atoms with Crippen molar-refractivity contribution in [2.24, 2.45) is 0 Å². The van der Waals surface area contributed by atoms with Crippen LogP contribution in [0.25, 0.3) is 0 Å². The summed E-state index contributed by atoms with van der Waals surface area (Å²) in [6.45, 7) is 6.33. The van der Waals surface area contributed by atoms with Gasteiger partial charge >= 0.3 is 0 Å². The highest BCUT2D eigenvalue weighted by Gasteiger charge is 2.42. The Bertz CT molecular complexity index is 488. The van der Waals surface area contributed by atoms with E-state index in [1.54, 1.807) is 4.90 Å². The van der Waals surface area contributed by atoms with Crippen LogP contribution < -0.4 is 0 Å². The monoisotopic (exact) mass is 259 g/mol. The van der Waals surface area contributed by atoms with E-state index >= 15 is 0 Å². The van der Waals surface area contributed by atoms with E-state index < -0.39 is 5.54 Å². The van der Waals surface area contributed by atoms with Crippen molar-refractivity contribution in [2.75, 3.05) is 6.54 Å². The fourth-order valence-electron chi connectivity index (χ4n) is 2.55. The number of Topliss-reactive ketones (excluding diaryl/α,β-unsaturated/α-hetero) is 1. The fraction of sp³-hybridized carbons (Fsp3) is 0.500. The van der Waals surface area contributed by atoms with Gasteiger partial charge in [-0.05, 0) is 31.4 Å². The number of carbonyl (C=O) groups is 2. The standard InChI is InChI=1S/C16H21NO2/c1-4-12-5-7-13(8-6-12)11-15(19)17-10-9-14(18)16(17,2)3/h5-8H,4,9-11H2,1-3H3. The van der Waals surface area contributed by atoms with Crippen LogP contribution in [0, 0.1) is 0 Å². The Morgan fingerprint density at radius 2 is 1.79 bits per heavy atom. The second-order valence-electron chi connectivity index (χ2n) is 5.62. The quantitative estimate of drug-likeness (QED) is 0.835. The van der Waals surface area contributed by atoms with E-state index in [1.807, 2.05) is 26.0 Å². The maximum Gasteiger partial charge on any atom is 0.227 e. The molecule has 3 nitrogen and oxygen atoms in total. The molecule has 0 N–H and O–H groups in total. The molecule has 0 unspecified atom stereocenters. The summed E-state index contributed by atoms with van der Waals surface area (Å²) in [5, 5.41) is 0. The smallest absolute Gasteiger partial charge is 0.227 e. The molecule has 1 aliphatic rings. The molecular weight excluding hydrogens is 238 g/mol. The number of nitrogens with zero attached hydrogens (tertiary/aromatic N) is 1. The van der Waals surface area contributed by atoms with Gasteiger partial charge in [0, 0.05) is 13.0 Å². The highest BCUT2D eigenvalue weighted by atomic mass is 16.2. The van der Waals surface area contributed by atoms with E-state index in [2.05, 4.69) is 19.1 Å². The number of benzene rings is 1. The average Bonchev–Trinajstić information content (AvgIpc) is 2.65. The number of ketones is 1. The third-order valence-electron chi connectivity index (χ3n) is 4.01. The molecule has 2 rings (SSSR count). The number of amides is 1. The SMILES string of the molecule is CCc1ccc(CC(=O)N2CCC(=O)C2(C)C)cc1. The van der Waals surface area contributed by atoms with Gasteiger partial charge in [-0.25, -0.2) is 0 Å². The molecule has 0 spiro atoms. The van der Waals surface area contributed by atoms with Crippen LogP contribution >= 0.6 is 0 Å². The van der Waals surface area contributed by atoms with Gasteiger partial charge in [0.1, 0.15) is 0 Å². The largest absolute Gasteiger partial charge is 0.330 e. The van der Waals surface area contributed by atoms with Crippen molar-refractivity contribution in [3.8, 4) is 0 Å². The van der Waals surface area contributed by atoms with Crippen LogP contribution in [0.2, 0.25) is 0 Å². The summed E-state index contributed by atoms with van der Waals surface area (Å²) in [5.74, 6) is 0.197. The summed E-state index contributed by atoms with van der Waals surface area (Å²) < 4.78 is 0. The van der Waals surface area contributed by atoms with Crippen LogP contribution in [0.3, 0.4) is 0 Å². The van der Waals surface area contributed by atoms with Gasteiger partial charge in [0.2, 0.25) is 5.91 Å². The van der Waals surface area contributed by atoms with Crippen molar-refractivity contribution < 1.29 is 9.59 Å². The molecule has 0 aromatic heterocycles. The fourth-order valence-corrected chi connectivity index (χ4v) is 2.55. The van der Waals surface area contributed by atoms with E-state index in [-0.39, 0.29) is 11.7 Å². The van der Waals surface area contributed by atoms with Crippen molar-refractivity contribution >= 4 is 11.7 Å². The molecule has 1 aliphatic heterocycles. The molecule has 0 bridgehead atoms. The number of hydrogen-bond acceptors (Lipinski definition) is 2. The van der Waals surface area contributed by atoms with Crippen LogP contribution in [0.15, 0.2) is 24.3 Å². The first kappa shape index (κ1) is 13.8. The minimum atomic E-state index is -0.638. The van der Waals surface area contributed by atoms with E-state index in [0.29, 0.717) is 19.4 Å². The van der Waals surface area contributed by atoms with Gasteiger partial charge in [-0.2, -0.15) is 0 Å². The zero-order valence-corrected chi connectivity index (χ0v) is 11.9. The molecule has 0 radical (unpaired) electrons. The number of rotatable bonds is 3. The first-order chi connectivity index (χ1) is 8.95. The molecule has 0 atom stereocenters. The van der Waals surface area contributed by atoms with Gasteiger partial charge in [0.25, 0.3) is 0 Å². The molecular formula is C16H21NO2. The summed E-state index contributed by atoms with van der Waals surface area (Å²) in [4.78, 5) is 25.8. The van der Waals surface area contributed by atoms with Gasteiger partial charge in [-0.15, -0.1) is 0 Å². The molecule has 1 aromatic rings. The highest BCUT2D eigenvalue weighted by Crippen LogP contribution is 2.25. The van der Waals surface area contributed by atoms with Crippen molar-refractivity contribution in [1.29, 1.82) is 0 Å². The molecule has 3 heteroatoms. The van der Waals surface area contributed by atoms with Gasteiger partial charge in [0.15, 0.2) is 5.78 Å². The second kappa shape index (κ2) is 5.16. The first-order valence-electron chi connectivity index (χ1n) is 6.86. The third kappa shape index (κ3) is 2.70. The minimum Gasteiger partial charge on any atom is -0.330 e. The Balaban J connectivity index is 2.07. The molecule has 1 aromatic carbocycles. The van der Waals surface area contributed by atoms with Crippen LogP contribution in [0.1, 0.15) is 38.3 Å². The topological polar surface area (TPSA) is 37.4 Å². The second-order valence-corrected chi connectivity index (χ2v) is 5.62. The lowest BCUT2D eigenvalue weighted by molar-refractivity contribution is -0.138. The van der Waals surface area contributed by atoms with Gasteiger partial charge < -0.3 is 4.90 Å². The van der Waals surface area contributed by atoms with E-state index in [4.69, 9.17) is 0 Å². The number of hydrogen-bond donors (Lipinski definition) is 0. The maximum atomic E-state index is 12.3. The Morgan fingerprint density at radius 1 is 1.21 bits per heavy atom. The van der Waals surface area contributed by atoms with Crippen LogP contribution in [0.5, 0.6) is 0 Å². The minimum absolute atomic E-state index is 0.0418. The van der Waals surface area contributed by atoms with E-state index in [0.717, 1.165) is 12.0 Å². The first-order valence-corrected chi connectivity index (χ1v) is 6.86. The highest BCUT2D eigenvalue weighted by molar-refractivity contribution is 5.95.